The Hall–Kier alpha value is -3.08. The van der Waals surface area contributed by atoms with Crippen molar-refractivity contribution in [3.63, 3.8) is 0 Å². The maximum atomic E-state index is 12.3. The highest BCUT2D eigenvalue weighted by molar-refractivity contribution is 7.92. The van der Waals surface area contributed by atoms with Crippen LogP contribution >= 0.6 is 11.6 Å². The van der Waals surface area contributed by atoms with E-state index in [1.54, 1.807) is 7.11 Å². The first kappa shape index (κ1) is 25.6. The quantitative estimate of drug-likeness (QED) is 0.439. The molecule has 0 saturated carbocycles. The summed E-state index contributed by atoms with van der Waals surface area (Å²) < 4.78 is 31.7. The zero-order valence-electron chi connectivity index (χ0n) is 21.1. The number of aromatic nitrogens is 2. The molecule has 5 rings (SSSR count). The second-order valence-electron chi connectivity index (χ2n) is 9.50. The summed E-state index contributed by atoms with van der Waals surface area (Å²) in [5, 5.41) is 10.3. The lowest BCUT2D eigenvalue weighted by molar-refractivity contribution is 0.412. The molecule has 11 heteroatoms. The highest BCUT2D eigenvalue weighted by Gasteiger charge is 2.23. The van der Waals surface area contributed by atoms with Crippen molar-refractivity contribution in [1.29, 1.82) is 0 Å². The van der Waals surface area contributed by atoms with Crippen LogP contribution in [0.5, 0.6) is 5.75 Å². The first-order chi connectivity index (χ1) is 17.7. The van der Waals surface area contributed by atoms with Gasteiger partial charge in [0.25, 0.3) is 0 Å². The standard InChI is InChI=1S/C26H31ClN6O3S/c1-33(37(3,34)35)23-7-5-16-4-6-18-13-22(24(36-2)14-19(18)17-8-10-28-11-9-17)31-26-29-15-20(27)25(32-26)30-21(23)12-16/h5,7,12-15,17,28H,4,6,8-11H2,1-3H3,(H2,29,30,31,32). The number of benzene rings is 2. The first-order valence-corrected chi connectivity index (χ1v) is 14.5. The number of halogens is 1. The van der Waals surface area contributed by atoms with Gasteiger partial charge in [-0.3, -0.25) is 4.31 Å². The van der Waals surface area contributed by atoms with Gasteiger partial charge in [0.05, 0.1) is 36.6 Å². The smallest absolute Gasteiger partial charge is 0.232 e. The van der Waals surface area contributed by atoms with Gasteiger partial charge in [0.2, 0.25) is 16.0 Å². The molecule has 2 aliphatic rings. The second-order valence-corrected chi connectivity index (χ2v) is 11.9. The van der Waals surface area contributed by atoms with Crippen LogP contribution in [0, 0.1) is 0 Å². The van der Waals surface area contributed by atoms with Crippen molar-refractivity contribution in [2.24, 2.45) is 0 Å². The van der Waals surface area contributed by atoms with E-state index in [-0.39, 0.29) is 0 Å². The Morgan fingerprint density at radius 2 is 1.86 bits per heavy atom. The number of sulfonamides is 1. The van der Waals surface area contributed by atoms with Gasteiger partial charge in [0.1, 0.15) is 10.8 Å². The van der Waals surface area contributed by atoms with Gasteiger partial charge in [0.15, 0.2) is 5.82 Å². The van der Waals surface area contributed by atoms with Gasteiger partial charge >= 0.3 is 0 Å². The monoisotopic (exact) mass is 542 g/mol. The molecule has 0 atom stereocenters. The molecule has 3 aromatic rings. The molecular formula is C26H31ClN6O3S. The zero-order valence-corrected chi connectivity index (χ0v) is 22.7. The van der Waals surface area contributed by atoms with Crippen LogP contribution in [0.3, 0.4) is 0 Å². The van der Waals surface area contributed by atoms with E-state index in [1.165, 1.54) is 34.9 Å². The largest absolute Gasteiger partial charge is 0.495 e. The molecule has 3 heterocycles. The zero-order chi connectivity index (χ0) is 26.2. The Kier molecular flexibility index (Phi) is 7.15. The van der Waals surface area contributed by atoms with Crippen molar-refractivity contribution in [2.75, 3.05) is 48.4 Å². The van der Waals surface area contributed by atoms with Crippen LogP contribution < -0.4 is 25.0 Å². The molecular weight excluding hydrogens is 512 g/mol. The summed E-state index contributed by atoms with van der Waals surface area (Å²) in [7, 11) is -0.284. The molecule has 1 fully saturated rings. The number of rotatable bonds is 4. The Bertz CT molecular complexity index is 1430. The third-order valence-electron chi connectivity index (χ3n) is 7.06. The molecule has 1 aromatic heterocycles. The third kappa shape index (κ3) is 5.46. The summed E-state index contributed by atoms with van der Waals surface area (Å²) >= 11 is 6.44. The van der Waals surface area contributed by atoms with Crippen LogP contribution in [0.1, 0.15) is 35.4 Å². The van der Waals surface area contributed by atoms with Gasteiger partial charge in [-0.2, -0.15) is 4.98 Å². The molecule has 0 amide bonds. The van der Waals surface area contributed by atoms with Crippen molar-refractivity contribution in [3.8, 4) is 5.75 Å². The number of anilines is 5. The molecule has 2 aliphatic heterocycles. The van der Waals surface area contributed by atoms with Crippen molar-refractivity contribution in [1.82, 2.24) is 15.3 Å². The van der Waals surface area contributed by atoms with Crippen LogP contribution in [0.2, 0.25) is 5.02 Å². The minimum Gasteiger partial charge on any atom is -0.495 e. The van der Waals surface area contributed by atoms with Crippen LogP contribution in [0.15, 0.2) is 36.5 Å². The summed E-state index contributed by atoms with van der Waals surface area (Å²) in [5.41, 5.74) is 5.51. The lowest BCUT2D eigenvalue weighted by Crippen LogP contribution is -2.27. The SMILES string of the molecule is COc1cc(C2CCNCC2)c2cc1Nc1ncc(Cl)c(n1)Nc1cc(ccc1N(C)S(C)(=O)=O)CC2. The van der Waals surface area contributed by atoms with E-state index in [0.29, 0.717) is 34.1 Å². The normalized spacial score (nSPS) is 15.9. The fourth-order valence-corrected chi connectivity index (χ4v) is 5.63. The van der Waals surface area contributed by atoms with Crippen molar-refractivity contribution in [2.45, 2.75) is 31.6 Å². The van der Waals surface area contributed by atoms with Gasteiger partial charge in [-0.1, -0.05) is 17.7 Å². The first-order valence-electron chi connectivity index (χ1n) is 12.3. The number of fused-ring (bicyclic) bond motifs is 6. The number of ether oxygens (including phenoxy) is 1. The van der Waals surface area contributed by atoms with Gasteiger partial charge in [-0.25, -0.2) is 13.4 Å². The molecule has 2 aromatic carbocycles. The van der Waals surface area contributed by atoms with E-state index in [4.69, 9.17) is 16.3 Å². The molecule has 9 nitrogen and oxygen atoms in total. The predicted molar refractivity (Wildman–Crippen MR) is 149 cm³/mol. The van der Waals surface area contributed by atoms with E-state index in [1.807, 2.05) is 18.2 Å². The molecule has 0 spiro atoms. The Balaban J connectivity index is 1.65. The van der Waals surface area contributed by atoms with E-state index < -0.39 is 10.0 Å². The summed E-state index contributed by atoms with van der Waals surface area (Å²) in [5.74, 6) is 1.90. The number of aryl methyl sites for hydroxylation is 2. The number of methoxy groups -OCH3 is 1. The maximum absolute atomic E-state index is 12.3. The number of nitrogens with zero attached hydrogens (tertiary/aromatic N) is 3. The topological polar surface area (TPSA) is 108 Å². The summed E-state index contributed by atoms with van der Waals surface area (Å²) in [4.78, 5) is 8.96. The van der Waals surface area contributed by atoms with Gasteiger partial charge in [0, 0.05) is 7.05 Å². The third-order valence-corrected chi connectivity index (χ3v) is 8.53. The van der Waals surface area contributed by atoms with Crippen LogP contribution in [-0.2, 0) is 22.9 Å². The van der Waals surface area contributed by atoms with E-state index in [9.17, 15) is 8.42 Å². The van der Waals surface area contributed by atoms with Crippen LogP contribution in [0.4, 0.5) is 28.8 Å². The van der Waals surface area contributed by atoms with Gasteiger partial charge in [-0.15, -0.1) is 0 Å². The fourth-order valence-electron chi connectivity index (χ4n) is 4.97. The summed E-state index contributed by atoms with van der Waals surface area (Å²) in [6, 6.07) is 10.1. The fraction of sp³-hybridized carbons (Fsp3) is 0.385. The second kappa shape index (κ2) is 10.4. The number of hydrogen-bond donors (Lipinski definition) is 3. The lowest BCUT2D eigenvalue weighted by atomic mass is 9.85. The van der Waals surface area contributed by atoms with Crippen molar-refractivity contribution in [3.05, 3.63) is 58.2 Å². The van der Waals surface area contributed by atoms with Crippen LogP contribution in [0.25, 0.3) is 0 Å². The molecule has 0 aliphatic carbocycles. The van der Waals surface area contributed by atoms with E-state index in [0.717, 1.165) is 55.8 Å². The number of piperidine rings is 1. The Morgan fingerprint density at radius 3 is 2.59 bits per heavy atom. The summed E-state index contributed by atoms with van der Waals surface area (Å²) in [6.07, 6.45) is 6.44. The minimum absolute atomic E-state index is 0.313. The molecule has 196 valence electrons. The molecule has 3 N–H and O–H groups in total. The molecule has 37 heavy (non-hydrogen) atoms. The van der Waals surface area contributed by atoms with Gasteiger partial charge < -0.3 is 20.7 Å². The maximum Gasteiger partial charge on any atom is 0.232 e. The average Bonchev–Trinajstić information content (AvgIpc) is 2.89. The van der Waals surface area contributed by atoms with Crippen molar-refractivity contribution < 1.29 is 13.2 Å². The van der Waals surface area contributed by atoms with E-state index >= 15 is 0 Å². The molecule has 0 radical (unpaired) electrons. The lowest BCUT2D eigenvalue weighted by Gasteiger charge is -2.26. The molecule has 1 saturated heterocycles. The van der Waals surface area contributed by atoms with Gasteiger partial charge in [-0.05, 0) is 85.6 Å². The van der Waals surface area contributed by atoms with E-state index in [2.05, 4.69) is 38.1 Å². The Morgan fingerprint density at radius 1 is 1.08 bits per heavy atom. The predicted octanol–water partition coefficient (Wildman–Crippen LogP) is 4.59. The van der Waals surface area contributed by atoms with Crippen molar-refractivity contribution >= 4 is 50.5 Å². The average molecular weight is 543 g/mol. The minimum atomic E-state index is -3.48. The Labute approximate surface area is 222 Å². The molecule has 0 unspecified atom stereocenters. The highest BCUT2D eigenvalue weighted by Crippen LogP contribution is 2.39. The number of nitrogens with one attached hydrogen (secondary N) is 3. The number of hydrogen-bond acceptors (Lipinski definition) is 8. The highest BCUT2D eigenvalue weighted by atomic mass is 35.5. The molecule has 6 bridgehead atoms. The summed E-state index contributed by atoms with van der Waals surface area (Å²) in [6.45, 7) is 2.00. The van der Waals surface area contributed by atoms with Crippen LogP contribution in [-0.4, -0.2) is 51.9 Å².